The highest BCUT2D eigenvalue weighted by Gasteiger charge is 2.16. The summed E-state index contributed by atoms with van der Waals surface area (Å²) in [5, 5.41) is 4.23. The first-order valence-electron chi connectivity index (χ1n) is 6.73. The van der Waals surface area contributed by atoms with Crippen LogP contribution in [0, 0.1) is 0 Å². The summed E-state index contributed by atoms with van der Waals surface area (Å²) in [5.41, 5.74) is 2.20. The zero-order valence-electron chi connectivity index (χ0n) is 11.8. The van der Waals surface area contributed by atoms with Gasteiger partial charge in [0.05, 0.1) is 13.2 Å². The Morgan fingerprint density at radius 1 is 1.25 bits per heavy atom. The van der Waals surface area contributed by atoms with Gasteiger partial charge < -0.3 is 10.1 Å². The standard InChI is InChI=1S/C16H19ClN2O/c1-3-8-19-16(12-6-9-18-10-7-12)14-5-4-13(20-2)11-15(14)17/h4-7,9-11,16,19H,3,8H2,1-2H3. The average molecular weight is 291 g/mol. The van der Waals surface area contributed by atoms with E-state index in [1.54, 1.807) is 19.5 Å². The van der Waals surface area contributed by atoms with Crippen LogP contribution in [-0.2, 0) is 0 Å². The number of nitrogens with one attached hydrogen (secondary N) is 1. The second-order valence-electron chi connectivity index (χ2n) is 4.56. The number of hydrogen-bond donors (Lipinski definition) is 1. The largest absolute Gasteiger partial charge is 0.497 e. The number of ether oxygens (including phenoxy) is 1. The number of rotatable bonds is 6. The first kappa shape index (κ1) is 14.8. The van der Waals surface area contributed by atoms with Crippen molar-refractivity contribution in [3.8, 4) is 5.75 Å². The fraction of sp³-hybridized carbons (Fsp3) is 0.312. The topological polar surface area (TPSA) is 34.2 Å². The summed E-state index contributed by atoms with van der Waals surface area (Å²) in [6, 6.07) is 9.87. The van der Waals surface area contributed by atoms with Crippen molar-refractivity contribution in [1.82, 2.24) is 10.3 Å². The Morgan fingerprint density at radius 3 is 2.60 bits per heavy atom. The van der Waals surface area contributed by atoms with Gasteiger partial charge >= 0.3 is 0 Å². The molecule has 0 saturated heterocycles. The second-order valence-corrected chi connectivity index (χ2v) is 4.96. The van der Waals surface area contributed by atoms with Crippen molar-refractivity contribution < 1.29 is 4.74 Å². The average Bonchev–Trinajstić information content (AvgIpc) is 2.50. The molecule has 0 amide bonds. The molecule has 0 spiro atoms. The summed E-state index contributed by atoms with van der Waals surface area (Å²) in [4.78, 5) is 4.07. The highest BCUT2D eigenvalue weighted by Crippen LogP contribution is 2.31. The molecule has 106 valence electrons. The molecule has 3 nitrogen and oxygen atoms in total. The molecule has 1 heterocycles. The Bertz CT molecular complexity index is 545. The smallest absolute Gasteiger partial charge is 0.120 e. The van der Waals surface area contributed by atoms with Crippen LogP contribution in [0.2, 0.25) is 5.02 Å². The maximum absolute atomic E-state index is 6.40. The molecule has 1 aromatic heterocycles. The first-order chi connectivity index (χ1) is 9.76. The van der Waals surface area contributed by atoms with Crippen molar-refractivity contribution in [3.63, 3.8) is 0 Å². The van der Waals surface area contributed by atoms with Crippen LogP contribution >= 0.6 is 11.6 Å². The van der Waals surface area contributed by atoms with E-state index in [0.717, 1.165) is 29.8 Å². The van der Waals surface area contributed by atoms with Crippen LogP contribution in [0.4, 0.5) is 0 Å². The Labute approximate surface area is 124 Å². The lowest BCUT2D eigenvalue weighted by atomic mass is 9.99. The number of benzene rings is 1. The van der Waals surface area contributed by atoms with Gasteiger partial charge in [-0.3, -0.25) is 4.98 Å². The number of pyridine rings is 1. The Morgan fingerprint density at radius 2 is 2.00 bits per heavy atom. The van der Waals surface area contributed by atoms with Crippen LogP contribution in [0.15, 0.2) is 42.7 Å². The molecule has 1 atom stereocenters. The summed E-state index contributed by atoms with van der Waals surface area (Å²) in [7, 11) is 1.64. The quantitative estimate of drug-likeness (QED) is 0.878. The van der Waals surface area contributed by atoms with Crippen molar-refractivity contribution in [3.05, 3.63) is 58.9 Å². The van der Waals surface area contributed by atoms with Crippen molar-refractivity contribution in [2.45, 2.75) is 19.4 Å². The van der Waals surface area contributed by atoms with E-state index in [9.17, 15) is 0 Å². The minimum absolute atomic E-state index is 0.0661. The Kier molecular flexibility index (Phi) is 5.39. The lowest BCUT2D eigenvalue weighted by molar-refractivity contribution is 0.414. The fourth-order valence-corrected chi connectivity index (χ4v) is 2.40. The Hall–Kier alpha value is -1.58. The van der Waals surface area contributed by atoms with Gasteiger partial charge in [0, 0.05) is 17.4 Å². The minimum Gasteiger partial charge on any atom is -0.497 e. The van der Waals surface area contributed by atoms with Crippen LogP contribution in [0.5, 0.6) is 5.75 Å². The van der Waals surface area contributed by atoms with E-state index in [1.165, 1.54) is 0 Å². The van der Waals surface area contributed by atoms with Crippen LogP contribution in [0.3, 0.4) is 0 Å². The van der Waals surface area contributed by atoms with E-state index in [1.807, 2.05) is 30.3 Å². The summed E-state index contributed by atoms with van der Waals surface area (Å²) >= 11 is 6.40. The van der Waals surface area contributed by atoms with Gasteiger partial charge in [0.15, 0.2) is 0 Å². The molecule has 0 aliphatic rings. The highest BCUT2D eigenvalue weighted by atomic mass is 35.5. The first-order valence-corrected chi connectivity index (χ1v) is 7.10. The minimum atomic E-state index is 0.0661. The third kappa shape index (κ3) is 3.50. The fourth-order valence-electron chi connectivity index (χ4n) is 2.12. The van der Waals surface area contributed by atoms with Gasteiger partial charge in [-0.25, -0.2) is 0 Å². The summed E-state index contributed by atoms with van der Waals surface area (Å²) in [6.45, 7) is 3.07. The molecule has 1 aromatic carbocycles. The predicted octanol–water partition coefficient (Wildman–Crippen LogP) is 3.83. The van der Waals surface area contributed by atoms with E-state index in [-0.39, 0.29) is 6.04 Å². The summed E-state index contributed by atoms with van der Waals surface area (Å²) in [6.07, 6.45) is 4.66. The maximum atomic E-state index is 6.40. The van der Waals surface area contributed by atoms with Crippen molar-refractivity contribution in [1.29, 1.82) is 0 Å². The number of aromatic nitrogens is 1. The molecule has 2 rings (SSSR count). The lowest BCUT2D eigenvalue weighted by Gasteiger charge is -2.21. The van der Waals surface area contributed by atoms with Crippen LogP contribution in [-0.4, -0.2) is 18.6 Å². The van der Waals surface area contributed by atoms with Gasteiger partial charge in [0.2, 0.25) is 0 Å². The molecule has 0 saturated carbocycles. The van der Waals surface area contributed by atoms with Crippen molar-refractivity contribution in [2.24, 2.45) is 0 Å². The molecule has 0 radical (unpaired) electrons. The van der Waals surface area contributed by atoms with E-state index >= 15 is 0 Å². The van der Waals surface area contributed by atoms with Crippen molar-refractivity contribution in [2.75, 3.05) is 13.7 Å². The van der Waals surface area contributed by atoms with Crippen LogP contribution in [0.25, 0.3) is 0 Å². The molecular formula is C16H19ClN2O. The zero-order chi connectivity index (χ0) is 14.4. The number of halogens is 1. The molecule has 0 aliphatic heterocycles. The molecule has 2 aromatic rings. The molecule has 0 bridgehead atoms. The second kappa shape index (κ2) is 7.27. The van der Waals surface area contributed by atoms with E-state index in [2.05, 4.69) is 17.2 Å². The van der Waals surface area contributed by atoms with Gasteiger partial charge in [-0.2, -0.15) is 0 Å². The van der Waals surface area contributed by atoms with E-state index in [0.29, 0.717) is 5.02 Å². The van der Waals surface area contributed by atoms with Gasteiger partial charge in [0.1, 0.15) is 5.75 Å². The predicted molar refractivity (Wildman–Crippen MR) is 82.4 cm³/mol. The maximum Gasteiger partial charge on any atom is 0.120 e. The summed E-state index contributed by atoms with van der Waals surface area (Å²) < 4.78 is 5.20. The molecule has 1 unspecified atom stereocenters. The molecule has 20 heavy (non-hydrogen) atoms. The highest BCUT2D eigenvalue weighted by molar-refractivity contribution is 6.31. The summed E-state index contributed by atoms with van der Waals surface area (Å²) in [5.74, 6) is 0.766. The number of hydrogen-bond acceptors (Lipinski definition) is 3. The normalized spacial score (nSPS) is 12.2. The van der Waals surface area contributed by atoms with E-state index < -0.39 is 0 Å². The van der Waals surface area contributed by atoms with Gasteiger partial charge in [-0.15, -0.1) is 0 Å². The Balaban J connectivity index is 2.36. The molecule has 4 heteroatoms. The zero-order valence-corrected chi connectivity index (χ0v) is 12.5. The third-order valence-electron chi connectivity index (χ3n) is 3.16. The van der Waals surface area contributed by atoms with Crippen LogP contribution in [0.1, 0.15) is 30.5 Å². The number of nitrogens with zero attached hydrogens (tertiary/aromatic N) is 1. The molecular weight excluding hydrogens is 272 g/mol. The third-order valence-corrected chi connectivity index (χ3v) is 3.48. The lowest BCUT2D eigenvalue weighted by Crippen LogP contribution is -2.23. The molecule has 0 aliphatic carbocycles. The van der Waals surface area contributed by atoms with Gasteiger partial charge in [-0.05, 0) is 48.4 Å². The number of methoxy groups -OCH3 is 1. The van der Waals surface area contributed by atoms with Crippen molar-refractivity contribution >= 4 is 11.6 Å². The van der Waals surface area contributed by atoms with Gasteiger partial charge in [-0.1, -0.05) is 24.6 Å². The van der Waals surface area contributed by atoms with Crippen LogP contribution < -0.4 is 10.1 Å². The van der Waals surface area contributed by atoms with Gasteiger partial charge in [0.25, 0.3) is 0 Å². The molecule has 0 fully saturated rings. The van der Waals surface area contributed by atoms with E-state index in [4.69, 9.17) is 16.3 Å². The monoisotopic (exact) mass is 290 g/mol. The SMILES string of the molecule is CCCNC(c1ccncc1)c1ccc(OC)cc1Cl. The molecule has 1 N–H and O–H groups in total.